The van der Waals surface area contributed by atoms with Crippen molar-refractivity contribution >= 4 is 46.1 Å². The number of ether oxygens (including phenoxy) is 2. The Morgan fingerprint density at radius 2 is 1.88 bits per heavy atom. The number of aromatic nitrogens is 4. The summed E-state index contributed by atoms with van der Waals surface area (Å²) in [7, 11) is -16.9. The number of aromatic amines is 1. The molecule has 1 aliphatic heterocycles. The predicted octanol–water partition coefficient (Wildman–Crippen LogP) is 0.826. The number of para-hydroxylation sites is 1. The molecule has 2 aromatic heterocycles. The second-order valence-corrected chi connectivity index (χ2v) is 12.7. The van der Waals surface area contributed by atoms with Crippen molar-refractivity contribution in [2.45, 2.75) is 31.5 Å². The molecule has 1 saturated heterocycles. The van der Waals surface area contributed by atoms with Crippen LogP contribution in [0, 0.1) is 10.1 Å². The number of nitrogens with zero attached hydrogens (tertiary/aromatic N) is 4. The van der Waals surface area contributed by atoms with E-state index < -0.39 is 59.1 Å². The molecule has 0 saturated carbocycles. The molecule has 1 fully saturated rings. The second-order valence-electron chi connectivity index (χ2n) is 8.27. The third-order valence-corrected chi connectivity index (χ3v) is 9.22. The Hall–Kier alpha value is -2.90. The van der Waals surface area contributed by atoms with Gasteiger partial charge < -0.3 is 34.8 Å². The van der Waals surface area contributed by atoms with Crippen LogP contribution in [0.4, 0.5) is 11.5 Å². The van der Waals surface area contributed by atoms with E-state index in [9.17, 15) is 38.4 Å². The predicted molar refractivity (Wildman–Crippen MR) is 133 cm³/mol. The number of nitro benzene ring substituents is 1. The Morgan fingerprint density at radius 3 is 2.56 bits per heavy atom. The van der Waals surface area contributed by atoms with Crippen LogP contribution in [0.5, 0.6) is 0 Å². The fourth-order valence-electron chi connectivity index (χ4n) is 3.84. The number of fused-ring (bicyclic) bond motifs is 1. The summed E-state index contributed by atoms with van der Waals surface area (Å²) in [4.78, 5) is 69.3. The summed E-state index contributed by atoms with van der Waals surface area (Å²) >= 11 is 0. The van der Waals surface area contributed by atoms with Crippen molar-refractivity contribution in [1.82, 2.24) is 19.5 Å². The first-order valence-electron chi connectivity index (χ1n) is 11.0. The van der Waals surface area contributed by atoms with Gasteiger partial charge in [0.15, 0.2) is 5.65 Å². The summed E-state index contributed by atoms with van der Waals surface area (Å²) in [5.41, 5.74) is 5.06. The van der Waals surface area contributed by atoms with Crippen molar-refractivity contribution in [3.63, 3.8) is 0 Å². The second kappa shape index (κ2) is 11.8. The van der Waals surface area contributed by atoms with E-state index in [1.807, 2.05) is 0 Å². The molecule has 3 aromatic rings. The average Bonchev–Trinajstić information content (AvgIpc) is 3.43. The van der Waals surface area contributed by atoms with Crippen LogP contribution >= 0.6 is 23.5 Å². The number of imidazole rings is 1. The molecular weight excluding hydrogens is 621 g/mol. The van der Waals surface area contributed by atoms with Crippen molar-refractivity contribution in [2.24, 2.45) is 0 Å². The number of hydrogen-bond acceptors (Lipinski definition) is 14. The Balaban J connectivity index is 1.55. The number of nitrogens with one attached hydrogen (secondary N) is 1. The summed E-state index contributed by atoms with van der Waals surface area (Å²) in [6, 6.07) is 5.68. The molecule has 0 aliphatic carbocycles. The van der Waals surface area contributed by atoms with Crippen LogP contribution in [0.2, 0.25) is 0 Å². The normalized spacial score (nSPS) is 22.4. The number of phosphoric ester groups is 1. The smallest absolute Gasteiger partial charge is 0.383 e. The number of nitrogens with two attached hydrogens (primary N) is 1. The Bertz CT molecular complexity index is 1660. The lowest BCUT2D eigenvalue weighted by Gasteiger charge is -2.21. The summed E-state index contributed by atoms with van der Waals surface area (Å²) in [6.45, 7) is -1.19. The molecule has 1 aliphatic rings. The minimum Gasteiger partial charge on any atom is -0.383 e. The van der Waals surface area contributed by atoms with Crippen LogP contribution in [0.3, 0.4) is 0 Å². The fraction of sp³-hybridized carbons (Fsp3) is 0.353. The molecule has 1 aromatic carbocycles. The molecule has 0 radical (unpaired) electrons. The van der Waals surface area contributed by atoms with Gasteiger partial charge in [0.25, 0.3) is 5.69 Å². The number of nitrogen functional groups attached to an aromatic ring is 1. The zero-order chi connectivity index (χ0) is 30.2. The van der Waals surface area contributed by atoms with Gasteiger partial charge in [-0.25, -0.2) is 23.5 Å². The van der Waals surface area contributed by atoms with E-state index in [1.165, 1.54) is 35.2 Å². The van der Waals surface area contributed by atoms with Crippen LogP contribution in [-0.4, -0.2) is 62.8 Å². The molecule has 0 bridgehead atoms. The lowest BCUT2D eigenvalue weighted by molar-refractivity contribution is -0.386. The number of benzene rings is 1. The maximum Gasteiger partial charge on any atom is 0.490 e. The van der Waals surface area contributed by atoms with E-state index in [1.54, 1.807) is 0 Å². The highest BCUT2D eigenvalue weighted by Gasteiger charge is 2.43. The zero-order valence-corrected chi connectivity index (χ0v) is 22.9. The van der Waals surface area contributed by atoms with E-state index in [2.05, 4.69) is 23.6 Å². The molecule has 21 nitrogen and oxygen atoms in total. The van der Waals surface area contributed by atoms with Gasteiger partial charge in [-0.2, -0.15) is 13.6 Å². The Morgan fingerprint density at radius 1 is 1.17 bits per heavy atom. The number of anilines is 1. The minimum absolute atomic E-state index is 0.0160. The van der Waals surface area contributed by atoms with E-state index in [0.717, 1.165) is 0 Å². The van der Waals surface area contributed by atoms with Crippen molar-refractivity contribution in [2.75, 3.05) is 12.3 Å². The highest BCUT2D eigenvalue weighted by molar-refractivity contribution is 7.66. The van der Waals surface area contributed by atoms with Gasteiger partial charge in [0, 0.05) is 12.5 Å². The molecule has 5 unspecified atom stereocenters. The van der Waals surface area contributed by atoms with Crippen LogP contribution in [-0.2, 0) is 42.9 Å². The molecule has 4 rings (SSSR count). The summed E-state index contributed by atoms with van der Waals surface area (Å²) < 4.78 is 59.8. The molecule has 7 N–H and O–H groups in total. The molecule has 41 heavy (non-hydrogen) atoms. The molecular formula is C17H21N6O15P3. The van der Waals surface area contributed by atoms with Gasteiger partial charge in [-0.05, 0) is 6.07 Å². The standard InChI is InChI=1S/C17H21N6O15P3/c18-15-14-16(21-17(24)20-15)22(8-19-14)13-5-11(34-6-9-3-1-2-4-10(9)23(25)26)12(36-13)7-35-40(30,31)38-41(32,33)37-39(27,28)29/h1-4,8,11-13H,5-7H2,(H,30,31)(H,32,33)(H2,27,28,29)(H3,18,20,21,24). The third kappa shape index (κ3) is 7.89. The monoisotopic (exact) mass is 642 g/mol. The number of hydrogen-bond donors (Lipinski definition) is 6. The quantitative estimate of drug-likeness (QED) is 0.0904. The topological polar surface area (TPSA) is 311 Å². The highest BCUT2D eigenvalue weighted by atomic mass is 31.3. The third-order valence-electron chi connectivity index (χ3n) is 5.42. The summed E-state index contributed by atoms with van der Waals surface area (Å²) in [5, 5.41) is 11.4. The highest BCUT2D eigenvalue weighted by Crippen LogP contribution is 2.66. The Labute approximate surface area is 227 Å². The Kier molecular flexibility index (Phi) is 8.91. The maximum absolute atomic E-state index is 12.2. The molecule has 3 heterocycles. The van der Waals surface area contributed by atoms with Crippen molar-refractivity contribution in [1.29, 1.82) is 0 Å². The van der Waals surface area contributed by atoms with Crippen LogP contribution < -0.4 is 11.4 Å². The average molecular weight is 642 g/mol. The lowest BCUT2D eigenvalue weighted by Crippen LogP contribution is -2.29. The SMILES string of the molecule is Nc1[nH]c(=O)nc2c1ncn2C1CC(OCc2ccccc2[N+](=O)[O-])C(COP(=O)(O)OP(=O)(O)OP(=O)(O)O)O1. The lowest BCUT2D eigenvalue weighted by atomic mass is 10.1. The first kappa shape index (κ1) is 31.0. The molecule has 224 valence electrons. The van der Waals surface area contributed by atoms with Gasteiger partial charge in [-0.1, -0.05) is 12.1 Å². The van der Waals surface area contributed by atoms with Gasteiger partial charge >= 0.3 is 29.2 Å². The number of rotatable bonds is 12. The largest absolute Gasteiger partial charge is 0.490 e. The van der Waals surface area contributed by atoms with Crippen molar-refractivity contribution < 1.29 is 60.8 Å². The van der Waals surface area contributed by atoms with Gasteiger partial charge in [0.2, 0.25) is 0 Å². The number of nitro groups is 1. The first-order chi connectivity index (χ1) is 19.0. The van der Waals surface area contributed by atoms with E-state index in [-0.39, 0.29) is 41.3 Å². The minimum atomic E-state index is -5.77. The maximum atomic E-state index is 12.2. The summed E-state index contributed by atoms with van der Waals surface area (Å²) in [5.74, 6) is -0.0786. The van der Waals surface area contributed by atoms with Crippen molar-refractivity contribution in [3.8, 4) is 0 Å². The van der Waals surface area contributed by atoms with E-state index >= 15 is 0 Å². The van der Waals surface area contributed by atoms with Gasteiger partial charge in [-0.15, -0.1) is 0 Å². The molecule has 0 spiro atoms. The van der Waals surface area contributed by atoms with Crippen LogP contribution in [0.1, 0.15) is 18.2 Å². The summed E-state index contributed by atoms with van der Waals surface area (Å²) in [6.07, 6.45) is -2.09. The molecule has 5 atom stereocenters. The van der Waals surface area contributed by atoms with Gasteiger partial charge in [-0.3, -0.25) is 24.2 Å². The first-order valence-corrected chi connectivity index (χ1v) is 15.6. The van der Waals surface area contributed by atoms with E-state index in [4.69, 9.17) is 29.5 Å². The van der Waals surface area contributed by atoms with Crippen molar-refractivity contribution in [3.05, 3.63) is 56.8 Å². The van der Waals surface area contributed by atoms with Gasteiger partial charge in [0.1, 0.15) is 23.7 Å². The van der Waals surface area contributed by atoms with Gasteiger partial charge in [0.05, 0.1) is 36.1 Å². The molecule has 24 heteroatoms. The zero-order valence-electron chi connectivity index (χ0n) is 20.2. The number of H-pyrrole nitrogens is 1. The van der Waals surface area contributed by atoms with Crippen LogP contribution in [0.25, 0.3) is 11.2 Å². The molecule has 0 amide bonds. The van der Waals surface area contributed by atoms with E-state index in [0.29, 0.717) is 0 Å². The number of phosphoric acid groups is 3. The van der Waals surface area contributed by atoms with Crippen LogP contribution in [0.15, 0.2) is 35.4 Å². The fourth-order valence-corrected chi connectivity index (χ4v) is 6.87.